The molecule has 0 nitrogen and oxygen atoms in total. The first-order valence-electron chi connectivity index (χ1n) is 26.9. The lowest BCUT2D eigenvalue weighted by Crippen LogP contribution is -2.64. The van der Waals surface area contributed by atoms with Crippen molar-refractivity contribution in [3.05, 3.63) is 197 Å². The molecule has 0 N–H and O–H groups in total. The molecule has 0 amide bonds. The fourth-order valence-corrected chi connectivity index (χ4v) is 20.9. The van der Waals surface area contributed by atoms with Crippen LogP contribution in [0.4, 0.5) is 0 Å². The van der Waals surface area contributed by atoms with Gasteiger partial charge >= 0.3 is 0 Å². The molecule has 18 unspecified atom stereocenters. The number of allylic oxidation sites excluding steroid dienone is 4. The van der Waals surface area contributed by atoms with E-state index in [0.717, 1.165) is 71.0 Å². The van der Waals surface area contributed by atoms with Crippen LogP contribution >= 0.6 is 0 Å². The summed E-state index contributed by atoms with van der Waals surface area (Å²) in [7, 11) is 0. The maximum atomic E-state index is 3.00. The normalized spacial score (nSPS) is 41.4. The van der Waals surface area contributed by atoms with Crippen molar-refractivity contribution in [2.24, 2.45) is 82.9 Å². The SMILES string of the molecule is C1=C2c3cc4cccc(-c5ccccc5)c4cc3C13CC=C1CC4C5C(CCC6C7CCC(c8ccccc8)C2C7C3C1C65)C1C(c2ccccc2)C2CCCCC2C(c2ccccc2)C41. The lowest BCUT2D eigenvalue weighted by atomic mass is 9.35. The van der Waals surface area contributed by atoms with Crippen molar-refractivity contribution in [1.82, 2.24) is 0 Å². The van der Waals surface area contributed by atoms with Crippen LogP contribution < -0.4 is 0 Å². The summed E-state index contributed by atoms with van der Waals surface area (Å²) in [5.41, 5.74) is 14.9. The van der Waals surface area contributed by atoms with Gasteiger partial charge in [0.1, 0.15) is 0 Å². The minimum atomic E-state index is 0.0963. The van der Waals surface area contributed by atoms with Gasteiger partial charge in [-0.05, 0) is 219 Å². The van der Waals surface area contributed by atoms with Gasteiger partial charge in [0.2, 0.25) is 0 Å². The molecule has 6 aromatic rings. The molecule has 18 atom stereocenters. The molecule has 0 aliphatic heterocycles. The number of rotatable bonds is 4. The van der Waals surface area contributed by atoms with Crippen LogP contribution in [0.5, 0.6) is 0 Å². The van der Waals surface area contributed by atoms with E-state index in [1.54, 1.807) is 33.4 Å². The summed E-state index contributed by atoms with van der Waals surface area (Å²) in [4.78, 5) is 0. The average molecular weight is 857 g/mol. The third-order valence-corrected chi connectivity index (χ3v) is 22.2. The van der Waals surface area contributed by atoms with Crippen molar-refractivity contribution in [2.75, 3.05) is 0 Å². The molecule has 0 heterocycles. The molecule has 328 valence electrons. The van der Waals surface area contributed by atoms with Crippen LogP contribution in [0.15, 0.2) is 169 Å². The zero-order valence-corrected chi connectivity index (χ0v) is 38.5. The Labute approximate surface area is 393 Å². The zero-order chi connectivity index (χ0) is 42.8. The van der Waals surface area contributed by atoms with Crippen molar-refractivity contribution < 1.29 is 0 Å². The maximum absolute atomic E-state index is 3.00. The summed E-state index contributed by atoms with van der Waals surface area (Å²) < 4.78 is 0. The number of fused-ring (bicyclic) bond motifs is 7. The largest absolute Gasteiger partial charge is 0.0838 e. The van der Waals surface area contributed by atoms with E-state index in [-0.39, 0.29) is 5.41 Å². The molecule has 66 heavy (non-hydrogen) atoms. The molecular weight excluding hydrogens is 793 g/mol. The molecule has 10 aliphatic carbocycles. The van der Waals surface area contributed by atoms with Crippen LogP contribution in [0.2, 0.25) is 0 Å². The van der Waals surface area contributed by atoms with Gasteiger partial charge in [-0.2, -0.15) is 0 Å². The summed E-state index contributed by atoms with van der Waals surface area (Å²) in [5.74, 6) is 13.1. The van der Waals surface area contributed by atoms with E-state index < -0.39 is 0 Å². The van der Waals surface area contributed by atoms with Gasteiger partial charge < -0.3 is 0 Å². The van der Waals surface area contributed by atoms with E-state index in [4.69, 9.17) is 0 Å². The van der Waals surface area contributed by atoms with Crippen molar-refractivity contribution in [1.29, 1.82) is 0 Å². The standard InChI is InChI=1S/C66H64/c1-5-16-38(17-6-1)44-27-15-24-42-34-52-54-37-66(55(52)36-51(42)44)33-32-43-35-53-60-50(31-30-48-49-29-28-45(39-18-7-2-8-19-39)59(54)64(49)65(66)58(43)61(48)60)62-56(40-20-9-3-10-21-40)46-25-13-14-26-47(46)57(63(53)62)41-22-11-4-12-23-41/h1-12,15-24,27,32,34,36-37,45-50,53,56-65H,13-14,25-26,28-31,33,35H2. The van der Waals surface area contributed by atoms with Gasteiger partial charge in [-0.15, -0.1) is 0 Å². The molecule has 0 heteroatoms. The van der Waals surface area contributed by atoms with Crippen LogP contribution in [0, 0.1) is 82.9 Å². The lowest BCUT2D eigenvalue weighted by Gasteiger charge is -2.69. The maximum Gasteiger partial charge on any atom is 0.0216 e. The summed E-state index contributed by atoms with van der Waals surface area (Å²) >= 11 is 0. The van der Waals surface area contributed by atoms with E-state index >= 15 is 0 Å². The molecule has 16 rings (SSSR count). The molecule has 0 radical (unpaired) electrons. The molecule has 0 saturated heterocycles. The molecule has 6 aromatic carbocycles. The van der Waals surface area contributed by atoms with E-state index in [9.17, 15) is 0 Å². The Bertz CT molecular complexity index is 2940. The quantitative estimate of drug-likeness (QED) is 0.155. The third kappa shape index (κ3) is 4.92. The van der Waals surface area contributed by atoms with Crippen LogP contribution in [0.25, 0.3) is 27.5 Å². The van der Waals surface area contributed by atoms with Crippen LogP contribution in [-0.4, -0.2) is 0 Å². The van der Waals surface area contributed by atoms with Crippen molar-refractivity contribution in [3.63, 3.8) is 0 Å². The Morgan fingerprint density at radius 3 is 1.74 bits per heavy atom. The second-order valence-corrected chi connectivity index (χ2v) is 23.9. The monoisotopic (exact) mass is 857 g/mol. The summed E-state index contributed by atoms with van der Waals surface area (Å²) in [6.07, 6.45) is 20.0. The Morgan fingerprint density at radius 1 is 0.424 bits per heavy atom. The van der Waals surface area contributed by atoms with E-state index in [2.05, 4.69) is 164 Å². The van der Waals surface area contributed by atoms with Gasteiger partial charge in [-0.1, -0.05) is 170 Å². The van der Waals surface area contributed by atoms with Gasteiger partial charge in [-0.25, -0.2) is 0 Å². The Balaban J connectivity index is 0.905. The van der Waals surface area contributed by atoms with Crippen LogP contribution in [0.3, 0.4) is 0 Å². The Morgan fingerprint density at radius 2 is 1.03 bits per heavy atom. The van der Waals surface area contributed by atoms with Gasteiger partial charge in [0, 0.05) is 5.41 Å². The van der Waals surface area contributed by atoms with E-state index in [1.165, 1.54) is 86.1 Å². The van der Waals surface area contributed by atoms with Crippen LogP contribution in [0.1, 0.15) is 110 Å². The highest BCUT2D eigenvalue weighted by molar-refractivity contribution is 6.00. The third-order valence-electron chi connectivity index (χ3n) is 22.2. The van der Waals surface area contributed by atoms with E-state index in [0.29, 0.717) is 29.6 Å². The predicted octanol–water partition coefficient (Wildman–Crippen LogP) is 16.1. The van der Waals surface area contributed by atoms with Crippen molar-refractivity contribution in [3.8, 4) is 11.1 Å². The number of benzene rings is 6. The molecular formula is C66H64. The average Bonchev–Trinajstić information content (AvgIpc) is 3.85. The molecule has 0 aromatic heterocycles. The summed E-state index contributed by atoms with van der Waals surface area (Å²) in [6.45, 7) is 0. The predicted molar refractivity (Wildman–Crippen MR) is 270 cm³/mol. The first-order valence-corrected chi connectivity index (χ1v) is 26.9. The minimum absolute atomic E-state index is 0.0963. The number of hydrogen-bond acceptors (Lipinski definition) is 0. The van der Waals surface area contributed by atoms with Gasteiger partial charge in [0.25, 0.3) is 0 Å². The summed E-state index contributed by atoms with van der Waals surface area (Å²) in [6, 6.07) is 60.3. The molecule has 10 aliphatic rings. The fourth-order valence-electron chi connectivity index (χ4n) is 20.9. The first kappa shape index (κ1) is 38.1. The summed E-state index contributed by atoms with van der Waals surface area (Å²) in [5, 5.41) is 2.88. The second-order valence-electron chi connectivity index (χ2n) is 23.9. The van der Waals surface area contributed by atoms with Crippen molar-refractivity contribution >= 4 is 16.3 Å². The van der Waals surface area contributed by atoms with Gasteiger partial charge in [0.15, 0.2) is 0 Å². The fraction of sp³-hybridized carbons (Fsp3) is 0.424. The molecule has 7 saturated carbocycles. The van der Waals surface area contributed by atoms with Gasteiger partial charge in [-0.3, -0.25) is 0 Å². The first-order chi connectivity index (χ1) is 32.7. The Kier molecular flexibility index (Phi) is 8.11. The smallest absolute Gasteiger partial charge is 0.0216 e. The highest BCUT2D eigenvalue weighted by Gasteiger charge is 2.74. The Hall–Kier alpha value is -4.94. The van der Waals surface area contributed by atoms with Crippen LogP contribution in [-0.2, 0) is 5.41 Å². The number of hydrogen-bond donors (Lipinski definition) is 0. The highest BCUT2D eigenvalue weighted by atomic mass is 14.8. The topological polar surface area (TPSA) is 0 Å². The second kappa shape index (κ2) is 14.1. The lowest BCUT2D eigenvalue weighted by molar-refractivity contribution is -0.142. The molecule has 2 bridgehead atoms. The van der Waals surface area contributed by atoms with E-state index in [1.807, 2.05) is 5.57 Å². The van der Waals surface area contributed by atoms with Crippen molar-refractivity contribution in [2.45, 2.75) is 87.4 Å². The molecule has 7 fully saturated rings. The minimum Gasteiger partial charge on any atom is -0.0838 e. The zero-order valence-electron chi connectivity index (χ0n) is 38.5. The highest BCUT2D eigenvalue weighted by Crippen LogP contribution is 2.80. The van der Waals surface area contributed by atoms with Gasteiger partial charge in [0.05, 0.1) is 0 Å². The molecule has 1 spiro atoms.